The molecule has 11 nitrogen and oxygen atoms in total. The van der Waals surface area contributed by atoms with Gasteiger partial charge in [-0.1, -0.05) is 30.3 Å². The number of aromatic nitrogens is 7. The first-order valence-corrected chi connectivity index (χ1v) is 12.2. The van der Waals surface area contributed by atoms with Crippen LogP contribution < -0.4 is 16.6 Å². The van der Waals surface area contributed by atoms with Crippen molar-refractivity contribution in [1.82, 2.24) is 33.9 Å². The van der Waals surface area contributed by atoms with Crippen molar-refractivity contribution in [3.8, 4) is 22.3 Å². The highest BCUT2D eigenvalue weighted by atomic mass is 19.1. The Morgan fingerprint density at radius 2 is 1.77 bits per heavy atom. The van der Waals surface area contributed by atoms with E-state index < -0.39 is 17.3 Å². The minimum Gasteiger partial charge on any atom is -0.383 e. The maximum absolute atomic E-state index is 14.3. The van der Waals surface area contributed by atoms with Crippen LogP contribution in [0, 0.1) is 5.82 Å². The van der Waals surface area contributed by atoms with E-state index in [1.807, 2.05) is 19.3 Å². The molecule has 0 aliphatic heterocycles. The molecule has 198 valence electrons. The largest absolute Gasteiger partial charge is 0.383 e. The number of rotatable bonds is 6. The lowest BCUT2D eigenvalue weighted by atomic mass is 10.0. The van der Waals surface area contributed by atoms with Crippen molar-refractivity contribution < 1.29 is 9.18 Å². The van der Waals surface area contributed by atoms with E-state index >= 15 is 0 Å². The molecule has 0 atom stereocenters. The highest BCUT2D eigenvalue weighted by molar-refractivity contribution is 6.04. The van der Waals surface area contributed by atoms with Gasteiger partial charge in [0.05, 0.1) is 12.7 Å². The Morgan fingerprint density at radius 1 is 0.975 bits per heavy atom. The second kappa shape index (κ2) is 9.91. The Morgan fingerprint density at radius 3 is 2.52 bits per heavy atom. The molecule has 4 aromatic heterocycles. The number of halogens is 1. The predicted octanol–water partition coefficient (Wildman–Crippen LogP) is 3.38. The van der Waals surface area contributed by atoms with Crippen molar-refractivity contribution >= 4 is 23.2 Å². The molecule has 40 heavy (non-hydrogen) atoms. The second-order valence-corrected chi connectivity index (χ2v) is 9.13. The van der Waals surface area contributed by atoms with Crippen molar-refractivity contribution in [2.45, 2.75) is 6.54 Å². The second-order valence-electron chi connectivity index (χ2n) is 9.13. The summed E-state index contributed by atoms with van der Waals surface area (Å²) < 4.78 is 18.5. The lowest BCUT2D eigenvalue weighted by Gasteiger charge is -2.12. The number of nitrogens with zero attached hydrogens (tertiary/aromatic N) is 7. The van der Waals surface area contributed by atoms with E-state index in [-0.39, 0.29) is 17.9 Å². The van der Waals surface area contributed by atoms with Crippen LogP contribution in [0.25, 0.3) is 28.0 Å². The smallest absolute Gasteiger partial charge is 0.288 e. The van der Waals surface area contributed by atoms with E-state index in [4.69, 9.17) is 5.73 Å². The Labute approximate surface area is 226 Å². The number of nitrogen functional groups attached to an aromatic ring is 1. The molecule has 0 fully saturated rings. The normalized spacial score (nSPS) is 11.2. The van der Waals surface area contributed by atoms with Gasteiger partial charge >= 0.3 is 0 Å². The van der Waals surface area contributed by atoms with Gasteiger partial charge in [0.15, 0.2) is 0 Å². The number of fused-ring (bicyclic) bond motifs is 1. The molecule has 3 N–H and O–H groups in total. The fourth-order valence-corrected chi connectivity index (χ4v) is 4.41. The number of carbonyl (C=O) groups excluding carboxylic acids is 1. The molecule has 0 unspecified atom stereocenters. The molecule has 6 aromatic rings. The quantitative estimate of drug-likeness (QED) is 0.333. The van der Waals surface area contributed by atoms with Crippen molar-refractivity contribution in [1.29, 1.82) is 0 Å². The van der Waals surface area contributed by atoms with Crippen molar-refractivity contribution in [3.63, 3.8) is 0 Å². The van der Waals surface area contributed by atoms with Crippen LogP contribution in [0.4, 0.5) is 15.9 Å². The molecule has 1 amide bonds. The number of benzene rings is 2. The van der Waals surface area contributed by atoms with Crippen molar-refractivity contribution in [2.24, 2.45) is 7.05 Å². The number of hydrogen-bond donors (Lipinski definition) is 2. The number of nitrogens with two attached hydrogens (primary N) is 1. The highest BCUT2D eigenvalue weighted by Gasteiger charge is 2.18. The molecule has 12 heteroatoms. The molecule has 0 saturated carbocycles. The topological polar surface area (TPSA) is 138 Å². The first-order valence-electron chi connectivity index (χ1n) is 12.2. The summed E-state index contributed by atoms with van der Waals surface area (Å²) in [5.74, 6) is -0.501. The fraction of sp³-hybridized carbons (Fsp3) is 0.0714. The van der Waals surface area contributed by atoms with Crippen LogP contribution in [0.2, 0.25) is 0 Å². The zero-order valence-corrected chi connectivity index (χ0v) is 21.2. The maximum Gasteiger partial charge on any atom is 0.288 e. The molecular formula is C28H22FN9O2. The van der Waals surface area contributed by atoms with E-state index in [1.165, 1.54) is 23.2 Å². The Hall–Kier alpha value is -5.65. The Balaban J connectivity index is 1.27. The third kappa shape index (κ3) is 4.58. The van der Waals surface area contributed by atoms with Crippen molar-refractivity contribution in [3.05, 3.63) is 113 Å². The molecule has 0 aliphatic carbocycles. The third-order valence-electron chi connectivity index (χ3n) is 6.45. The Kier molecular flexibility index (Phi) is 6.11. The molecule has 0 spiro atoms. The van der Waals surface area contributed by atoms with Crippen LogP contribution in [0.5, 0.6) is 0 Å². The number of carbonyl (C=O) groups is 1. The van der Waals surface area contributed by atoms with E-state index in [9.17, 15) is 14.0 Å². The van der Waals surface area contributed by atoms with E-state index in [2.05, 4.69) is 25.5 Å². The molecule has 0 bridgehead atoms. The van der Waals surface area contributed by atoms with Crippen LogP contribution in [0.1, 0.15) is 15.9 Å². The average Bonchev–Trinajstić information content (AvgIpc) is 3.62. The van der Waals surface area contributed by atoms with Crippen LogP contribution in [-0.4, -0.2) is 39.8 Å². The number of nitrogens with one attached hydrogen (secondary N) is 1. The monoisotopic (exact) mass is 535 g/mol. The van der Waals surface area contributed by atoms with Gasteiger partial charge in [0.25, 0.3) is 11.5 Å². The molecule has 0 aliphatic rings. The summed E-state index contributed by atoms with van der Waals surface area (Å²) in [5.41, 5.74) is 9.48. The van der Waals surface area contributed by atoms with Gasteiger partial charge in [0, 0.05) is 53.6 Å². The van der Waals surface area contributed by atoms with Crippen LogP contribution in [0.15, 0.2) is 90.5 Å². The fourth-order valence-electron chi connectivity index (χ4n) is 4.41. The zero-order chi connectivity index (χ0) is 27.8. The summed E-state index contributed by atoms with van der Waals surface area (Å²) in [6.07, 6.45) is 7.89. The van der Waals surface area contributed by atoms with E-state index in [0.29, 0.717) is 17.1 Å². The van der Waals surface area contributed by atoms with Gasteiger partial charge in [-0.3, -0.25) is 14.3 Å². The number of anilines is 2. The molecule has 6 rings (SSSR count). The van der Waals surface area contributed by atoms with Gasteiger partial charge in [-0.05, 0) is 29.8 Å². The predicted molar refractivity (Wildman–Crippen MR) is 147 cm³/mol. The molecule has 2 aromatic carbocycles. The molecule has 0 radical (unpaired) electrons. The van der Waals surface area contributed by atoms with Gasteiger partial charge < -0.3 is 15.6 Å². The standard InChI is InChI=1S/C28H22FN9O2/c1-36-13-20(12-33-36)19-10-22(25(30)31-11-19)17-6-8-21(9-7-17)35-26(39)23-15-37(14-18-4-2-3-5-24(18)29)28-32-16-34-38(28)27(23)40/h2-13,15-16H,14H2,1H3,(H2,30,31)(H,35,39). The van der Waals surface area contributed by atoms with Gasteiger partial charge in [0.1, 0.15) is 23.5 Å². The summed E-state index contributed by atoms with van der Waals surface area (Å²) in [6, 6.07) is 15.2. The number of pyridine rings is 1. The summed E-state index contributed by atoms with van der Waals surface area (Å²) >= 11 is 0. The summed E-state index contributed by atoms with van der Waals surface area (Å²) in [4.78, 5) is 34.6. The summed E-state index contributed by atoms with van der Waals surface area (Å²) in [5, 5.41) is 10.9. The van der Waals surface area contributed by atoms with E-state index in [1.54, 1.807) is 59.5 Å². The number of hydrogen-bond acceptors (Lipinski definition) is 7. The first kappa shape index (κ1) is 24.7. The minimum atomic E-state index is -0.641. The maximum atomic E-state index is 14.3. The van der Waals surface area contributed by atoms with Gasteiger partial charge in [-0.2, -0.15) is 19.7 Å². The van der Waals surface area contributed by atoms with Crippen molar-refractivity contribution in [2.75, 3.05) is 11.1 Å². The Bertz CT molecular complexity index is 1940. The van der Waals surface area contributed by atoms with Crippen LogP contribution in [-0.2, 0) is 13.6 Å². The molecule has 0 saturated heterocycles. The number of amides is 1. The zero-order valence-electron chi connectivity index (χ0n) is 21.2. The molecular weight excluding hydrogens is 513 g/mol. The van der Waals surface area contributed by atoms with Gasteiger partial charge in [-0.25, -0.2) is 9.37 Å². The SMILES string of the molecule is Cn1cc(-c2cnc(N)c(-c3ccc(NC(=O)c4cn(Cc5ccccc5F)c5ncnn5c4=O)cc3)c2)cn1. The minimum absolute atomic E-state index is 0.0533. The number of aryl methyl sites for hydroxylation is 1. The van der Waals surface area contributed by atoms with E-state index in [0.717, 1.165) is 26.8 Å². The van der Waals surface area contributed by atoms with Crippen LogP contribution >= 0.6 is 0 Å². The van der Waals surface area contributed by atoms with Crippen LogP contribution in [0.3, 0.4) is 0 Å². The third-order valence-corrected chi connectivity index (χ3v) is 6.45. The lowest BCUT2D eigenvalue weighted by Crippen LogP contribution is -2.29. The summed E-state index contributed by atoms with van der Waals surface area (Å²) in [7, 11) is 1.84. The van der Waals surface area contributed by atoms with Gasteiger partial charge in [-0.15, -0.1) is 0 Å². The molecule has 4 heterocycles. The lowest BCUT2D eigenvalue weighted by molar-refractivity contribution is 0.102. The summed E-state index contributed by atoms with van der Waals surface area (Å²) in [6.45, 7) is 0.0533. The average molecular weight is 536 g/mol. The highest BCUT2D eigenvalue weighted by Crippen LogP contribution is 2.30. The van der Waals surface area contributed by atoms with Gasteiger partial charge in [0.2, 0.25) is 5.78 Å². The first-order chi connectivity index (χ1) is 19.4.